The van der Waals surface area contributed by atoms with Crippen molar-refractivity contribution >= 4 is 16.9 Å². The van der Waals surface area contributed by atoms with Gasteiger partial charge in [-0.05, 0) is 19.9 Å². The van der Waals surface area contributed by atoms with Crippen molar-refractivity contribution in [3.05, 3.63) is 30.0 Å². The van der Waals surface area contributed by atoms with Crippen LogP contribution in [0.3, 0.4) is 0 Å². The molecule has 1 N–H and O–H groups in total. The Bertz CT molecular complexity index is 618. The zero-order valence-electron chi connectivity index (χ0n) is 11.9. The number of rotatable bonds is 5. The Kier molecular flexibility index (Phi) is 4.29. The number of benzene rings is 1. The molecule has 0 aliphatic rings. The summed E-state index contributed by atoms with van der Waals surface area (Å²) in [7, 11) is 1.60. The molecule has 1 aromatic carbocycles. The highest BCUT2D eigenvalue weighted by Crippen LogP contribution is 2.33. The standard InChI is InChI=1S/C15H19NO4/c1-4-16-9-11(14(17)15(18)20-5-2)10-7-6-8-12(19-3)13(10)16/h6-9,14,17H,4-5H2,1-3H3. The zero-order valence-corrected chi connectivity index (χ0v) is 11.9. The van der Waals surface area contributed by atoms with E-state index in [0.717, 1.165) is 10.9 Å². The third-order valence-electron chi connectivity index (χ3n) is 3.26. The summed E-state index contributed by atoms with van der Waals surface area (Å²) in [5.41, 5.74) is 1.41. The number of aliphatic hydroxyl groups is 1. The maximum Gasteiger partial charge on any atom is 0.339 e. The molecule has 0 saturated heterocycles. The SMILES string of the molecule is CCOC(=O)C(O)c1cn(CC)c2c(OC)cccc12. The molecule has 2 aromatic rings. The molecule has 1 unspecified atom stereocenters. The molecule has 2 rings (SSSR count). The van der Waals surface area contributed by atoms with Gasteiger partial charge in [0.2, 0.25) is 0 Å². The van der Waals surface area contributed by atoms with E-state index in [2.05, 4.69) is 0 Å². The molecule has 108 valence electrons. The summed E-state index contributed by atoms with van der Waals surface area (Å²) in [4.78, 5) is 11.7. The van der Waals surface area contributed by atoms with E-state index in [0.29, 0.717) is 17.9 Å². The minimum atomic E-state index is -1.28. The van der Waals surface area contributed by atoms with E-state index < -0.39 is 12.1 Å². The predicted octanol–water partition coefficient (Wildman–Crippen LogP) is 2.27. The van der Waals surface area contributed by atoms with Crippen LogP contribution in [-0.4, -0.2) is 29.4 Å². The van der Waals surface area contributed by atoms with Gasteiger partial charge in [0.1, 0.15) is 5.75 Å². The lowest BCUT2D eigenvalue weighted by Crippen LogP contribution is -2.15. The molecule has 0 spiro atoms. The van der Waals surface area contributed by atoms with Crippen molar-refractivity contribution in [3.63, 3.8) is 0 Å². The van der Waals surface area contributed by atoms with Gasteiger partial charge in [0.25, 0.3) is 0 Å². The molecular weight excluding hydrogens is 258 g/mol. The number of ether oxygens (including phenoxy) is 2. The van der Waals surface area contributed by atoms with E-state index in [-0.39, 0.29) is 6.61 Å². The van der Waals surface area contributed by atoms with Crippen LogP contribution in [0, 0.1) is 0 Å². The van der Waals surface area contributed by atoms with Crippen LogP contribution in [0.25, 0.3) is 10.9 Å². The Balaban J connectivity index is 2.57. The van der Waals surface area contributed by atoms with Gasteiger partial charge in [-0.3, -0.25) is 0 Å². The van der Waals surface area contributed by atoms with Crippen LogP contribution in [0.15, 0.2) is 24.4 Å². The normalized spacial score (nSPS) is 12.4. The highest BCUT2D eigenvalue weighted by Gasteiger charge is 2.24. The van der Waals surface area contributed by atoms with Gasteiger partial charge in [-0.2, -0.15) is 0 Å². The molecular formula is C15H19NO4. The molecule has 0 radical (unpaired) electrons. The van der Waals surface area contributed by atoms with E-state index >= 15 is 0 Å². The van der Waals surface area contributed by atoms with E-state index in [1.165, 1.54) is 0 Å². The number of carbonyl (C=O) groups is 1. The Labute approximate surface area is 117 Å². The predicted molar refractivity (Wildman–Crippen MR) is 75.8 cm³/mol. The second-order valence-electron chi connectivity index (χ2n) is 4.38. The monoisotopic (exact) mass is 277 g/mol. The van der Waals surface area contributed by atoms with Gasteiger partial charge in [0.05, 0.1) is 19.2 Å². The van der Waals surface area contributed by atoms with Crippen molar-refractivity contribution in [1.82, 2.24) is 4.57 Å². The van der Waals surface area contributed by atoms with Crippen LogP contribution in [0.5, 0.6) is 5.75 Å². The van der Waals surface area contributed by atoms with E-state index in [9.17, 15) is 9.90 Å². The van der Waals surface area contributed by atoms with Gasteiger partial charge < -0.3 is 19.1 Å². The van der Waals surface area contributed by atoms with Crippen LogP contribution in [0.1, 0.15) is 25.5 Å². The summed E-state index contributed by atoms with van der Waals surface area (Å²) < 4.78 is 12.2. The second kappa shape index (κ2) is 5.96. The molecule has 0 aliphatic carbocycles. The average molecular weight is 277 g/mol. The first-order valence-electron chi connectivity index (χ1n) is 6.64. The lowest BCUT2D eigenvalue weighted by atomic mass is 10.1. The fourth-order valence-electron chi connectivity index (χ4n) is 2.33. The molecule has 20 heavy (non-hydrogen) atoms. The number of aliphatic hydroxyl groups excluding tert-OH is 1. The van der Waals surface area contributed by atoms with E-state index in [1.54, 1.807) is 20.2 Å². The number of hydrogen-bond acceptors (Lipinski definition) is 4. The largest absolute Gasteiger partial charge is 0.495 e. The molecule has 5 nitrogen and oxygen atoms in total. The lowest BCUT2D eigenvalue weighted by molar-refractivity contribution is -0.153. The minimum Gasteiger partial charge on any atom is -0.495 e. The number of methoxy groups -OCH3 is 1. The summed E-state index contributed by atoms with van der Waals surface area (Å²) in [6.45, 7) is 4.66. The summed E-state index contributed by atoms with van der Waals surface area (Å²) in [6.07, 6.45) is 0.492. The maximum absolute atomic E-state index is 11.7. The number of nitrogens with zero attached hydrogens (tertiary/aromatic N) is 1. The average Bonchev–Trinajstić information content (AvgIpc) is 2.85. The van der Waals surface area contributed by atoms with Gasteiger partial charge in [0.15, 0.2) is 6.10 Å². The quantitative estimate of drug-likeness (QED) is 0.852. The first-order chi connectivity index (χ1) is 9.63. The van der Waals surface area contributed by atoms with Crippen LogP contribution >= 0.6 is 0 Å². The first-order valence-corrected chi connectivity index (χ1v) is 6.64. The second-order valence-corrected chi connectivity index (χ2v) is 4.38. The molecule has 0 bridgehead atoms. The third kappa shape index (κ3) is 2.36. The highest BCUT2D eigenvalue weighted by atomic mass is 16.5. The zero-order chi connectivity index (χ0) is 14.7. The van der Waals surface area contributed by atoms with E-state index in [4.69, 9.17) is 9.47 Å². The number of aryl methyl sites for hydroxylation is 1. The molecule has 5 heteroatoms. The fourth-order valence-corrected chi connectivity index (χ4v) is 2.33. The Hall–Kier alpha value is -2.01. The highest BCUT2D eigenvalue weighted by molar-refractivity contribution is 5.93. The van der Waals surface area contributed by atoms with Crippen LogP contribution < -0.4 is 4.74 Å². The molecule has 0 aliphatic heterocycles. The topological polar surface area (TPSA) is 60.7 Å². The van der Waals surface area contributed by atoms with Gasteiger partial charge >= 0.3 is 5.97 Å². The third-order valence-corrected chi connectivity index (χ3v) is 3.26. The molecule has 1 atom stereocenters. The number of aromatic nitrogens is 1. The molecule has 0 saturated carbocycles. The summed E-state index contributed by atoms with van der Waals surface area (Å²) >= 11 is 0. The molecule has 0 fully saturated rings. The van der Waals surface area contributed by atoms with Crippen molar-refractivity contribution in [1.29, 1.82) is 0 Å². The number of fused-ring (bicyclic) bond motifs is 1. The van der Waals surface area contributed by atoms with Crippen LogP contribution in [0.4, 0.5) is 0 Å². The minimum absolute atomic E-state index is 0.242. The van der Waals surface area contributed by atoms with Crippen molar-refractivity contribution in [2.24, 2.45) is 0 Å². The molecule has 0 amide bonds. The number of esters is 1. The van der Waals surface area contributed by atoms with Crippen molar-refractivity contribution in [2.75, 3.05) is 13.7 Å². The summed E-state index contributed by atoms with van der Waals surface area (Å²) in [5, 5.41) is 11.0. The smallest absolute Gasteiger partial charge is 0.339 e. The van der Waals surface area contributed by atoms with Crippen molar-refractivity contribution in [3.8, 4) is 5.75 Å². The Morgan fingerprint density at radius 2 is 2.15 bits per heavy atom. The van der Waals surface area contributed by atoms with Gasteiger partial charge in [-0.1, -0.05) is 12.1 Å². The maximum atomic E-state index is 11.7. The summed E-state index contributed by atoms with van der Waals surface area (Å²) in [6, 6.07) is 5.55. The number of para-hydroxylation sites is 1. The molecule has 1 heterocycles. The first kappa shape index (κ1) is 14.4. The number of carbonyl (C=O) groups excluding carboxylic acids is 1. The fraction of sp³-hybridized carbons (Fsp3) is 0.400. The van der Waals surface area contributed by atoms with Crippen molar-refractivity contribution in [2.45, 2.75) is 26.5 Å². The van der Waals surface area contributed by atoms with Crippen molar-refractivity contribution < 1.29 is 19.4 Å². The Morgan fingerprint density at radius 1 is 1.40 bits per heavy atom. The van der Waals surface area contributed by atoms with Crippen LogP contribution in [0.2, 0.25) is 0 Å². The van der Waals surface area contributed by atoms with Gasteiger partial charge in [-0.15, -0.1) is 0 Å². The molecule has 1 aromatic heterocycles. The lowest BCUT2D eigenvalue weighted by Gasteiger charge is -2.08. The van der Waals surface area contributed by atoms with Gasteiger partial charge in [0, 0.05) is 23.7 Å². The van der Waals surface area contributed by atoms with Crippen LogP contribution in [-0.2, 0) is 16.1 Å². The van der Waals surface area contributed by atoms with E-state index in [1.807, 2.05) is 29.7 Å². The number of hydrogen-bond donors (Lipinski definition) is 1. The van der Waals surface area contributed by atoms with Gasteiger partial charge in [-0.25, -0.2) is 4.79 Å². The Morgan fingerprint density at radius 3 is 2.75 bits per heavy atom. The summed E-state index contributed by atoms with van der Waals surface area (Å²) in [5.74, 6) is 0.0807.